The number of amides is 1. The van der Waals surface area contributed by atoms with Crippen molar-refractivity contribution in [1.82, 2.24) is 21.1 Å². The number of rotatable bonds is 5. The zero-order valence-corrected chi connectivity index (χ0v) is 13.0. The van der Waals surface area contributed by atoms with Crippen LogP contribution in [0.3, 0.4) is 0 Å². The van der Waals surface area contributed by atoms with Gasteiger partial charge in [-0.1, -0.05) is 24.3 Å². The van der Waals surface area contributed by atoms with Crippen LogP contribution in [0.15, 0.2) is 48.3 Å². The number of hydrogen-bond donors (Lipinski definition) is 4. The van der Waals surface area contributed by atoms with Gasteiger partial charge in [-0.15, -0.1) is 0 Å². The van der Waals surface area contributed by atoms with Crippen LogP contribution in [-0.4, -0.2) is 41.7 Å². The van der Waals surface area contributed by atoms with Crippen LogP contribution in [0.4, 0.5) is 0 Å². The molecule has 0 saturated heterocycles. The summed E-state index contributed by atoms with van der Waals surface area (Å²) in [6.45, 7) is 2.59. The minimum absolute atomic E-state index is 0.196. The van der Waals surface area contributed by atoms with Gasteiger partial charge in [-0.3, -0.25) is 9.69 Å². The molecule has 0 radical (unpaired) electrons. The van der Waals surface area contributed by atoms with Crippen molar-refractivity contribution in [2.24, 2.45) is 0 Å². The predicted octanol–water partition coefficient (Wildman–Crippen LogP) is 0.0272. The smallest absolute Gasteiger partial charge is 0.252 e. The molecule has 6 nitrogen and oxygen atoms in total. The second kappa shape index (κ2) is 7.30. The highest BCUT2D eigenvalue weighted by Gasteiger charge is 2.19. The van der Waals surface area contributed by atoms with Crippen LogP contribution in [0.25, 0.3) is 0 Å². The monoisotopic (exact) mass is 314 g/mol. The van der Waals surface area contributed by atoms with Crippen molar-refractivity contribution in [2.45, 2.75) is 19.1 Å². The lowest BCUT2D eigenvalue weighted by atomic mass is 10.00. The van der Waals surface area contributed by atoms with E-state index in [1.54, 1.807) is 18.5 Å². The molecule has 1 aromatic carbocycles. The van der Waals surface area contributed by atoms with Crippen LogP contribution in [0.2, 0.25) is 0 Å². The number of nitrogens with zero attached hydrogens (tertiary/aromatic N) is 1. The molecule has 2 aliphatic heterocycles. The number of hydrogen-bond acceptors (Lipinski definition) is 5. The largest absolute Gasteiger partial charge is 0.390 e. The first-order valence-corrected chi connectivity index (χ1v) is 7.85. The minimum atomic E-state index is -0.580. The number of aliphatic hydroxyl groups excluding tert-OH is 1. The zero-order chi connectivity index (χ0) is 16.1. The molecule has 0 aliphatic carbocycles. The molecule has 0 spiro atoms. The summed E-state index contributed by atoms with van der Waals surface area (Å²) in [5.74, 6) is -0.196. The summed E-state index contributed by atoms with van der Waals surface area (Å²) in [4.78, 5) is 14.2. The number of benzene rings is 1. The summed E-state index contributed by atoms with van der Waals surface area (Å²) in [6.07, 6.45) is 5.34. The zero-order valence-electron chi connectivity index (χ0n) is 13.0. The van der Waals surface area contributed by atoms with E-state index in [0.29, 0.717) is 12.1 Å². The maximum absolute atomic E-state index is 11.9. The molecular weight excluding hydrogens is 292 g/mol. The molecule has 4 N–H and O–H groups in total. The van der Waals surface area contributed by atoms with Gasteiger partial charge >= 0.3 is 0 Å². The first-order valence-electron chi connectivity index (χ1n) is 7.85. The molecule has 0 saturated carbocycles. The fraction of sp³-hybridized carbons (Fsp3) is 0.353. The highest BCUT2D eigenvalue weighted by atomic mass is 16.3. The molecule has 3 rings (SSSR count). The maximum atomic E-state index is 11.9. The van der Waals surface area contributed by atoms with E-state index in [1.165, 1.54) is 11.1 Å². The van der Waals surface area contributed by atoms with Gasteiger partial charge in [-0.25, -0.2) is 0 Å². The van der Waals surface area contributed by atoms with E-state index < -0.39 is 6.10 Å². The van der Waals surface area contributed by atoms with Gasteiger partial charge in [0.2, 0.25) is 0 Å². The van der Waals surface area contributed by atoms with Crippen LogP contribution in [0.5, 0.6) is 0 Å². The summed E-state index contributed by atoms with van der Waals surface area (Å²) in [5, 5.41) is 12.9. The van der Waals surface area contributed by atoms with Gasteiger partial charge in [-0.05, 0) is 23.6 Å². The number of β-amino-alcohol motifs (C(OH)–C–C–N with tert-alkyl or cyclic N) is 1. The van der Waals surface area contributed by atoms with E-state index in [9.17, 15) is 9.90 Å². The van der Waals surface area contributed by atoms with Gasteiger partial charge in [0.15, 0.2) is 0 Å². The van der Waals surface area contributed by atoms with Crippen molar-refractivity contribution < 1.29 is 9.90 Å². The number of carbonyl (C=O) groups is 1. The van der Waals surface area contributed by atoms with Crippen LogP contribution in [-0.2, 0) is 17.8 Å². The number of aliphatic hydroxyl groups is 1. The lowest BCUT2D eigenvalue weighted by Gasteiger charge is -2.30. The van der Waals surface area contributed by atoms with Crippen LogP contribution >= 0.6 is 0 Å². The Morgan fingerprint density at radius 1 is 1.30 bits per heavy atom. The Hall–Kier alpha value is -2.31. The molecular formula is C17H22N4O2. The molecule has 0 unspecified atom stereocenters. The first kappa shape index (κ1) is 15.6. The number of hydrazine groups is 1. The van der Waals surface area contributed by atoms with Crippen molar-refractivity contribution >= 4 is 5.91 Å². The second-order valence-corrected chi connectivity index (χ2v) is 5.84. The van der Waals surface area contributed by atoms with Crippen molar-refractivity contribution in [3.05, 3.63) is 59.4 Å². The van der Waals surface area contributed by atoms with Crippen molar-refractivity contribution in [2.75, 3.05) is 19.6 Å². The third-order valence-corrected chi connectivity index (χ3v) is 4.10. The SMILES string of the molecule is O=C(NC[C@H](O)CN1CCc2ccccc2C1)C1=CNNC=C1. The molecule has 0 bridgehead atoms. The molecule has 1 aromatic rings. The van der Waals surface area contributed by atoms with Crippen molar-refractivity contribution in [1.29, 1.82) is 0 Å². The lowest BCUT2D eigenvalue weighted by Crippen LogP contribution is -2.42. The molecule has 0 fully saturated rings. The van der Waals surface area contributed by atoms with Crippen molar-refractivity contribution in [3.8, 4) is 0 Å². The van der Waals surface area contributed by atoms with Gasteiger partial charge in [0.05, 0.1) is 11.7 Å². The Labute approximate surface area is 135 Å². The summed E-state index contributed by atoms with van der Waals surface area (Å²) >= 11 is 0. The molecule has 0 aromatic heterocycles. The van der Waals surface area contributed by atoms with E-state index in [4.69, 9.17) is 0 Å². The topological polar surface area (TPSA) is 76.6 Å². The van der Waals surface area contributed by atoms with E-state index in [0.717, 1.165) is 19.5 Å². The molecule has 23 heavy (non-hydrogen) atoms. The highest BCUT2D eigenvalue weighted by molar-refractivity contribution is 5.96. The Morgan fingerprint density at radius 2 is 2.13 bits per heavy atom. The maximum Gasteiger partial charge on any atom is 0.252 e. The summed E-state index contributed by atoms with van der Waals surface area (Å²) in [5.41, 5.74) is 8.75. The first-order chi connectivity index (χ1) is 11.2. The van der Waals surface area contributed by atoms with Crippen molar-refractivity contribution in [3.63, 3.8) is 0 Å². The van der Waals surface area contributed by atoms with Gasteiger partial charge in [0.25, 0.3) is 5.91 Å². The molecule has 1 atom stereocenters. The average molecular weight is 314 g/mol. The third-order valence-electron chi connectivity index (χ3n) is 4.10. The molecule has 1 amide bonds. The Kier molecular flexibility index (Phi) is 4.95. The van der Waals surface area contributed by atoms with Gasteiger partial charge in [-0.2, -0.15) is 0 Å². The Balaban J connectivity index is 1.45. The van der Waals surface area contributed by atoms with Gasteiger partial charge < -0.3 is 21.3 Å². The second-order valence-electron chi connectivity index (χ2n) is 5.84. The average Bonchev–Trinajstić information content (AvgIpc) is 2.60. The fourth-order valence-electron chi connectivity index (χ4n) is 2.87. The predicted molar refractivity (Wildman–Crippen MR) is 87.9 cm³/mol. The van der Waals surface area contributed by atoms with Crippen LogP contribution in [0, 0.1) is 0 Å². The summed E-state index contributed by atoms with van der Waals surface area (Å²) < 4.78 is 0. The summed E-state index contributed by atoms with van der Waals surface area (Å²) in [6, 6.07) is 8.42. The van der Waals surface area contributed by atoms with E-state index in [1.807, 2.05) is 6.07 Å². The third kappa shape index (κ3) is 4.12. The highest BCUT2D eigenvalue weighted by Crippen LogP contribution is 2.18. The number of fused-ring (bicyclic) bond motifs is 1. The Bertz CT molecular complexity index is 627. The number of carbonyl (C=O) groups excluding carboxylic acids is 1. The van der Waals surface area contributed by atoms with Crippen LogP contribution in [0.1, 0.15) is 11.1 Å². The fourth-order valence-corrected chi connectivity index (χ4v) is 2.87. The van der Waals surface area contributed by atoms with Crippen LogP contribution < -0.4 is 16.2 Å². The minimum Gasteiger partial charge on any atom is -0.390 e. The van der Waals surface area contributed by atoms with E-state index in [2.05, 4.69) is 39.3 Å². The van der Waals surface area contributed by atoms with E-state index in [-0.39, 0.29) is 12.5 Å². The lowest BCUT2D eigenvalue weighted by molar-refractivity contribution is -0.117. The molecule has 2 heterocycles. The summed E-state index contributed by atoms with van der Waals surface area (Å²) in [7, 11) is 0. The van der Waals surface area contributed by atoms with E-state index >= 15 is 0 Å². The number of nitrogens with one attached hydrogen (secondary N) is 3. The molecule has 6 heteroatoms. The van der Waals surface area contributed by atoms with Gasteiger partial charge in [0, 0.05) is 38.6 Å². The standard InChI is InChI=1S/C17H22N4O2/c22-16(10-18-17(23)14-5-7-19-20-9-14)12-21-8-6-13-3-1-2-4-15(13)11-21/h1-5,7,9,16,19-20,22H,6,8,10-12H2,(H,18,23)/t16-/m0/s1. The molecule has 2 aliphatic rings. The van der Waals surface area contributed by atoms with Gasteiger partial charge in [0.1, 0.15) is 0 Å². The molecule has 122 valence electrons. The normalized spacial score (nSPS) is 18.2. The quantitative estimate of drug-likeness (QED) is 0.617. The Morgan fingerprint density at radius 3 is 2.91 bits per heavy atom.